The summed E-state index contributed by atoms with van der Waals surface area (Å²) < 4.78 is 37.7. The standard InChI is InChI=1S/C13H19F3O.Y/c14-13(15,16)10-6-7-11(12(17)8-10)9-4-2-1-3-5-9;/h4,10-12,17H,1-3,5-8H2;. The molecule has 0 saturated heterocycles. The van der Waals surface area contributed by atoms with Crippen molar-refractivity contribution in [2.45, 2.75) is 57.2 Å². The summed E-state index contributed by atoms with van der Waals surface area (Å²) in [6, 6.07) is 0. The summed E-state index contributed by atoms with van der Waals surface area (Å²) in [4.78, 5) is 0. The van der Waals surface area contributed by atoms with E-state index in [2.05, 4.69) is 6.08 Å². The number of aliphatic hydroxyl groups is 1. The molecule has 0 spiro atoms. The summed E-state index contributed by atoms with van der Waals surface area (Å²) in [5.41, 5.74) is 1.20. The van der Waals surface area contributed by atoms with Crippen LogP contribution in [0.25, 0.3) is 0 Å². The van der Waals surface area contributed by atoms with Gasteiger partial charge in [-0.25, -0.2) is 0 Å². The van der Waals surface area contributed by atoms with Crippen molar-refractivity contribution in [1.29, 1.82) is 0 Å². The molecule has 0 aromatic carbocycles. The van der Waals surface area contributed by atoms with E-state index in [0.717, 1.165) is 25.7 Å². The van der Waals surface area contributed by atoms with Gasteiger partial charge in [0.15, 0.2) is 0 Å². The summed E-state index contributed by atoms with van der Waals surface area (Å²) in [5.74, 6) is -1.33. The molecule has 0 aromatic heterocycles. The third kappa shape index (κ3) is 4.04. The third-order valence-electron chi connectivity index (χ3n) is 4.08. The van der Waals surface area contributed by atoms with E-state index in [1.165, 1.54) is 5.57 Å². The van der Waals surface area contributed by atoms with Crippen LogP contribution in [0.4, 0.5) is 13.2 Å². The molecule has 1 saturated carbocycles. The molecule has 1 radical (unpaired) electrons. The normalized spacial score (nSPS) is 33.6. The van der Waals surface area contributed by atoms with E-state index in [1.807, 2.05) is 0 Å². The van der Waals surface area contributed by atoms with Gasteiger partial charge in [-0.1, -0.05) is 11.6 Å². The Bertz CT molecular complexity index is 301. The van der Waals surface area contributed by atoms with Gasteiger partial charge in [0.05, 0.1) is 12.0 Å². The molecule has 101 valence electrons. The summed E-state index contributed by atoms with van der Waals surface area (Å²) in [6.45, 7) is 0. The number of aliphatic hydroxyl groups excluding tert-OH is 1. The zero-order valence-corrected chi connectivity index (χ0v) is 13.3. The second-order valence-corrected chi connectivity index (χ2v) is 5.25. The molecule has 0 amide bonds. The molecule has 0 bridgehead atoms. The third-order valence-corrected chi connectivity index (χ3v) is 4.08. The van der Waals surface area contributed by atoms with E-state index in [1.54, 1.807) is 0 Å². The van der Waals surface area contributed by atoms with Crippen molar-refractivity contribution < 1.29 is 51.0 Å². The van der Waals surface area contributed by atoms with Crippen molar-refractivity contribution in [1.82, 2.24) is 0 Å². The largest absolute Gasteiger partial charge is 0.392 e. The molecular formula is C13H19F3OY. The van der Waals surface area contributed by atoms with Crippen LogP contribution in [-0.4, -0.2) is 17.4 Å². The maximum Gasteiger partial charge on any atom is 0.391 e. The first-order valence-corrected chi connectivity index (χ1v) is 6.42. The van der Waals surface area contributed by atoms with Crippen LogP contribution in [0.1, 0.15) is 44.9 Å². The fraction of sp³-hybridized carbons (Fsp3) is 0.846. The van der Waals surface area contributed by atoms with Crippen molar-refractivity contribution in [3.63, 3.8) is 0 Å². The molecule has 2 rings (SSSR count). The van der Waals surface area contributed by atoms with Gasteiger partial charge >= 0.3 is 6.18 Å². The average Bonchev–Trinajstić information content (AvgIpc) is 2.29. The Morgan fingerprint density at radius 2 is 1.89 bits per heavy atom. The minimum atomic E-state index is -4.15. The number of alkyl halides is 3. The molecule has 0 heterocycles. The van der Waals surface area contributed by atoms with Crippen LogP contribution in [0.5, 0.6) is 0 Å². The van der Waals surface area contributed by atoms with Crippen LogP contribution < -0.4 is 0 Å². The van der Waals surface area contributed by atoms with Gasteiger partial charge in [-0.15, -0.1) is 0 Å². The molecule has 3 atom stereocenters. The van der Waals surface area contributed by atoms with E-state index in [4.69, 9.17) is 0 Å². The zero-order valence-electron chi connectivity index (χ0n) is 10.4. The van der Waals surface area contributed by atoms with E-state index in [0.29, 0.717) is 6.42 Å². The second kappa shape index (κ2) is 6.85. The van der Waals surface area contributed by atoms with Crippen LogP contribution in [0, 0.1) is 11.8 Å². The van der Waals surface area contributed by atoms with E-state index >= 15 is 0 Å². The SMILES string of the molecule is OC1CC(C(F)(F)F)CCC1C1=CCCCC1.[Y]. The minimum Gasteiger partial charge on any atom is -0.392 e. The van der Waals surface area contributed by atoms with Crippen molar-refractivity contribution in [2.24, 2.45) is 11.8 Å². The van der Waals surface area contributed by atoms with E-state index < -0.39 is 18.2 Å². The van der Waals surface area contributed by atoms with Crippen LogP contribution in [0.3, 0.4) is 0 Å². The Morgan fingerprint density at radius 3 is 2.39 bits per heavy atom. The molecule has 18 heavy (non-hydrogen) atoms. The van der Waals surface area contributed by atoms with Crippen molar-refractivity contribution in [3.05, 3.63) is 11.6 Å². The van der Waals surface area contributed by atoms with Crippen LogP contribution in [0.15, 0.2) is 11.6 Å². The van der Waals surface area contributed by atoms with Crippen LogP contribution in [0.2, 0.25) is 0 Å². The molecular weight excluding hydrogens is 318 g/mol. The van der Waals surface area contributed by atoms with Gasteiger partial charge in [0.2, 0.25) is 0 Å². The quantitative estimate of drug-likeness (QED) is 0.721. The zero-order chi connectivity index (χ0) is 12.5. The predicted molar refractivity (Wildman–Crippen MR) is 59.4 cm³/mol. The average molecular weight is 337 g/mol. The Hall–Kier alpha value is 0.594. The summed E-state index contributed by atoms with van der Waals surface area (Å²) in [7, 11) is 0. The van der Waals surface area contributed by atoms with Gasteiger partial charge in [0.25, 0.3) is 0 Å². The van der Waals surface area contributed by atoms with Crippen LogP contribution in [-0.2, 0) is 32.7 Å². The van der Waals surface area contributed by atoms with Gasteiger partial charge in [0.1, 0.15) is 0 Å². The number of hydrogen-bond acceptors (Lipinski definition) is 1. The molecule has 1 N–H and O–H groups in total. The number of rotatable bonds is 1. The van der Waals surface area contributed by atoms with E-state index in [9.17, 15) is 18.3 Å². The van der Waals surface area contributed by atoms with Crippen LogP contribution >= 0.6 is 0 Å². The second-order valence-electron chi connectivity index (χ2n) is 5.25. The molecule has 3 unspecified atom stereocenters. The minimum absolute atomic E-state index is 0. The first kappa shape index (κ1) is 16.6. The van der Waals surface area contributed by atoms with E-state index in [-0.39, 0.29) is 51.5 Å². The summed E-state index contributed by atoms with van der Waals surface area (Å²) in [6.07, 6.45) is 1.96. The summed E-state index contributed by atoms with van der Waals surface area (Å²) >= 11 is 0. The maximum atomic E-state index is 12.6. The number of halogens is 3. The first-order chi connectivity index (χ1) is 7.98. The van der Waals surface area contributed by atoms with Gasteiger partial charge in [-0.05, 0) is 44.9 Å². The molecule has 1 fully saturated rings. The smallest absolute Gasteiger partial charge is 0.391 e. The Balaban J connectivity index is 0.00000162. The Morgan fingerprint density at radius 1 is 1.17 bits per heavy atom. The predicted octanol–water partition coefficient (Wildman–Crippen LogP) is 3.82. The molecule has 1 nitrogen and oxygen atoms in total. The topological polar surface area (TPSA) is 20.2 Å². The molecule has 2 aliphatic carbocycles. The number of hydrogen-bond donors (Lipinski definition) is 1. The van der Waals surface area contributed by atoms with Gasteiger partial charge in [-0.2, -0.15) is 13.2 Å². The maximum absolute atomic E-state index is 12.6. The van der Waals surface area contributed by atoms with Crippen molar-refractivity contribution in [2.75, 3.05) is 0 Å². The van der Waals surface area contributed by atoms with Gasteiger partial charge in [0, 0.05) is 38.6 Å². The Labute approximate surface area is 131 Å². The van der Waals surface area contributed by atoms with Crippen molar-refractivity contribution in [3.8, 4) is 0 Å². The van der Waals surface area contributed by atoms with Gasteiger partial charge < -0.3 is 5.11 Å². The monoisotopic (exact) mass is 337 g/mol. The molecule has 0 aromatic rings. The first-order valence-electron chi connectivity index (χ1n) is 6.42. The molecule has 0 aliphatic heterocycles. The molecule has 5 heteroatoms. The molecule has 2 aliphatic rings. The van der Waals surface area contributed by atoms with Gasteiger partial charge in [-0.3, -0.25) is 0 Å². The van der Waals surface area contributed by atoms with Crippen molar-refractivity contribution >= 4 is 0 Å². The fourth-order valence-electron chi connectivity index (χ4n) is 3.08. The summed E-state index contributed by atoms with van der Waals surface area (Å²) in [5, 5.41) is 9.91. The Kier molecular flexibility index (Phi) is 6.34. The fourth-order valence-corrected chi connectivity index (χ4v) is 3.08. The number of allylic oxidation sites excluding steroid dienone is 1.